The summed E-state index contributed by atoms with van der Waals surface area (Å²) in [6.45, 7) is 4.24. The van der Waals surface area contributed by atoms with Crippen LogP contribution in [0.15, 0.2) is 24.3 Å². The Morgan fingerprint density at radius 2 is 2.11 bits per heavy atom. The summed E-state index contributed by atoms with van der Waals surface area (Å²) in [6.07, 6.45) is 1.65. The van der Waals surface area contributed by atoms with Gasteiger partial charge in [-0.05, 0) is 12.5 Å². The van der Waals surface area contributed by atoms with E-state index in [-0.39, 0.29) is 18.0 Å². The van der Waals surface area contributed by atoms with E-state index in [0.29, 0.717) is 12.1 Å². The molecular weight excluding hydrogens is 228 g/mol. The number of hydrogen-bond acceptors (Lipinski definition) is 2. The summed E-state index contributed by atoms with van der Waals surface area (Å²) in [5.74, 6) is -0.108. The van der Waals surface area contributed by atoms with Gasteiger partial charge in [0.15, 0.2) is 0 Å². The van der Waals surface area contributed by atoms with Crippen molar-refractivity contribution in [3.05, 3.63) is 35.4 Å². The van der Waals surface area contributed by atoms with Gasteiger partial charge in [0.2, 0.25) is 5.91 Å². The van der Waals surface area contributed by atoms with Crippen LogP contribution in [0, 0.1) is 0 Å². The number of carbonyl (C=O) groups is 2. The number of hydrogen-bond donors (Lipinski definition) is 1. The molecule has 1 atom stereocenters. The van der Waals surface area contributed by atoms with E-state index in [2.05, 4.69) is 12.2 Å². The van der Waals surface area contributed by atoms with Gasteiger partial charge < -0.3 is 10.2 Å². The van der Waals surface area contributed by atoms with Gasteiger partial charge >= 0.3 is 0 Å². The normalized spacial score (nSPS) is 17.8. The molecule has 0 aliphatic carbocycles. The van der Waals surface area contributed by atoms with Gasteiger partial charge in [-0.25, -0.2) is 0 Å². The van der Waals surface area contributed by atoms with Gasteiger partial charge in [0.25, 0.3) is 5.91 Å². The summed E-state index contributed by atoms with van der Waals surface area (Å²) in [4.78, 5) is 25.3. The zero-order valence-corrected chi connectivity index (χ0v) is 10.8. The van der Waals surface area contributed by atoms with Crippen LogP contribution in [0.2, 0.25) is 0 Å². The standard InChI is InChI=1S/C14H18N2O2/c1-3-4-9-16-13(15-10(2)17)11-7-5-6-8-12(11)14(16)18/h5-8,13H,3-4,9H2,1-2H3,(H,15,17)/t13-/m0/s1. The lowest BCUT2D eigenvalue weighted by Crippen LogP contribution is -2.39. The lowest BCUT2D eigenvalue weighted by Gasteiger charge is -2.25. The first-order chi connectivity index (χ1) is 8.65. The van der Waals surface area contributed by atoms with Crippen molar-refractivity contribution in [2.75, 3.05) is 6.54 Å². The number of carbonyl (C=O) groups excluding carboxylic acids is 2. The molecule has 1 heterocycles. The highest BCUT2D eigenvalue weighted by Crippen LogP contribution is 2.31. The maximum Gasteiger partial charge on any atom is 0.256 e. The number of nitrogens with one attached hydrogen (secondary N) is 1. The predicted molar refractivity (Wildman–Crippen MR) is 68.9 cm³/mol. The molecule has 96 valence electrons. The summed E-state index contributed by atoms with van der Waals surface area (Å²) in [7, 11) is 0. The van der Waals surface area contributed by atoms with Crippen molar-refractivity contribution in [3.8, 4) is 0 Å². The van der Waals surface area contributed by atoms with Gasteiger partial charge in [-0.2, -0.15) is 0 Å². The van der Waals surface area contributed by atoms with Crippen LogP contribution in [0.25, 0.3) is 0 Å². The van der Waals surface area contributed by atoms with Gasteiger partial charge in [-0.1, -0.05) is 31.5 Å². The van der Waals surface area contributed by atoms with Gasteiger partial charge in [-0.3, -0.25) is 9.59 Å². The van der Waals surface area contributed by atoms with Crippen LogP contribution < -0.4 is 5.32 Å². The molecule has 1 aliphatic heterocycles. The first kappa shape index (κ1) is 12.6. The van der Waals surface area contributed by atoms with Crippen molar-refractivity contribution in [2.45, 2.75) is 32.9 Å². The van der Waals surface area contributed by atoms with E-state index in [4.69, 9.17) is 0 Å². The largest absolute Gasteiger partial charge is 0.332 e. The van der Waals surface area contributed by atoms with E-state index >= 15 is 0 Å². The molecule has 0 saturated carbocycles. The summed E-state index contributed by atoms with van der Waals surface area (Å²) >= 11 is 0. The van der Waals surface area contributed by atoms with E-state index in [1.54, 1.807) is 4.90 Å². The Labute approximate surface area is 107 Å². The molecule has 0 radical (unpaired) electrons. The molecule has 0 bridgehead atoms. The van der Waals surface area contributed by atoms with Crippen LogP contribution in [0.5, 0.6) is 0 Å². The zero-order valence-electron chi connectivity index (χ0n) is 10.8. The van der Waals surface area contributed by atoms with E-state index in [0.717, 1.165) is 18.4 Å². The Balaban J connectivity index is 2.30. The highest BCUT2D eigenvalue weighted by Gasteiger charge is 2.36. The second-order valence-corrected chi connectivity index (χ2v) is 4.54. The minimum atomic E-state index is -0.308. The summed E-state index contributed by atoms with van der Waals surface area (Å²) in [5, 5.41) is 2.85. The highest BCUT2D eigenvalue weighted by molar-refractivity contribution is 5.99. The number of unbranched alkanes of at least 4 members (excludes halogenated alkanes) is 1. The Kier molecular flexibility index (Phi) is 3.65. The molecule has 0 saturated heterocycles. The smallest absolute Gasteiger partial charge is 0.256 e. The van der Waals surface area contributed by atoms with Gasteiger partial charge in [0.1, 0.15) is 6.17 Å². The maximum atomic E-state index is 12.3. The number of rotatable bonds is 4. The lowest BCUT2D eigenvalue weighted by molar-refractivity contribution is -0.120. The molecule has 4 heteroatoms. The predicted octanol–water partition coefficient (Wildman–Crippen LogP) is 2.08. The monoisotopic (exact) mass is 246 g/mol. The molecule has 1 aromatic rings. The van der Waals surface area contributed by atoms with E-state index < -0.39 is 0 Å². The number of benzene rings is 1. The van der Waals surface area contributed by atoms with Crippen molar-refractivity contribution in [1.82, 2.24) is 10.2 Å². The van der Waals surface area contributed by atoms with Crippen molar-refractivity contribution >= 4 is 11.8 Å². The van der Waals surface area contributed by atoms with Crippen LogP contribution in [0.3, 0.4) is 0 Å². The Hall–Kier alpha value is -1.84. The van der Waals surface area contributed by atoms with Crippen molar-refractivity contribution in [2.24, 2.45) is 0 Å². The molecule has 0 unspecified atom stereocenters. The summed E-state index contributed by atoms with van der Waals surface area (Å²) in [6, 6.07) is 7.47. The highest BCUT2D eigenvalue weighted by atomic mass is 16.2. The average molecular weight is 246 g/mol. The van der Waals surface area contributed by atoms with E-state index in [9.17, 15) is 9.59 Å². The maximum absolute atomic E-state index is 12.3. The van der Waals surface area contributed by atoms with Gasteiger partial charge in [0.05, 0.1) is 0 Å². The van der Waals surface area contributed by atoms with Crippen LogP contribution in [0.4, 0.5) is 0 Å². The minimum Gasteiger partial charge on any atom is -0.332 e. The Bertz CT molecular complexity index is 471. The van der Waals surface area contributed by atoms with Crippen LogP contribution in [-0.4, -0.2) is 23.3 Å². The second-order valence-electron chi connectivity index (χ2n) is 4.54. The molecule has 18 heavy (non-hydrogen) atoms. The van der Waals surface area contributed by atoms with Gasteiger partial charge in [-0.15, -0.1) is 0 Å². The molecule has 1 aliphatic rings. The fourth-order valence-electron chi connectivity index (χ4n) is 2.28. The third kappa shape index (κ3) is 2.23. The Morgan fingerprint density at radius 1 is 1.39 bits per heavy atom. The topological polar surface area (TPSA) is 49.4 Å². The first-order valence-electron chi connectivity index (χ1n) is 6.32. The summed E-state index contributed by atoms with van der Waals surface area (Å²) < 4.78 is 0. The second kappa shape index (κ2) is 5.21. The van der Waals surface area contributed by atoms with E-state index in [1.807, 2.05) is 24.3 Å². The third-order valence-electron chi connectivity index (χ3n) is 3.15. The van der Waals surface area contributed by atoms with Crippen LogP contribution in [0.1, 0.15) is 48.8 Å². The number of fused-ring (bicyclic) bond motifs is 1. The molecule has 0 spiro atoms. The third-order valence-corrected chi connectivity index (χ3v) is 3.15. The molecule has 0 fully saturated rings. The molecular formula is C14H18N2O2. The Morgan fingerprint density at radius 3 is 2.78 bits per heavy atom. The lowest BCUT2D eigenvalue weighted by atomic mass is 10.1. The molecule has 0 aromatic heterocycles. The number of amides is 2. The zero-order chi connectivity index (χ0) is 13.1. The molecule has 2 amide bonds. The SMILES string of the molecule is CCCCN1C(=O)c2ccccc2[C@H]1NC(C)=O. The van der Waals surface area contributed by atoms with Crippen molar-refractivity contribution in [1.29, 1.82) is 0 Å². The molecule has 1 N–H and O–H groups in total. The summed E-state index contributed by atoms with van der Waals surface area (Å²) in [5.41, 5.74) is 1.60. The number of nitrogens with zero attached hydrogens (tertiary/aromatic N) is 1. The van der Waals surface area contributed by atoms with E-state index in [1.165, 1.54) is 6.92 Å². The quantitative estimate of drug-likeness (QED) is 0.884. The van der Waals surface area contributed by atoms with Crippen molar-refractivity contribution < 1.29 is 9.59 Å². The molecule has 1 aromatic carbocycles. The fraction of sp³-hybridized carbons (Fsp3) is 0.429. The average Bonchev–Trinajstić information content (AvgIpc) is 2.61. The molecule has 4 nitrogen and oxygen atoms in total. The van der Waals surface area contributed by atoms with Crippen LogP contribution >= 0.6 is 0 Å². The minimum absolute atomic E-state index is 0.0119. The fourth-order valence-corrected chi connectivity index (χ4v) is 2.28. The van der Waals surface area contributed by atoms with Crippen LogP contribution in [-0.2, 0) is 4.79 Å². The van der Waals surface area contributed by atoms with Crippen molar-refractivity contribution in [3.63, 3.8) is 0 Å². The molecule has 2 rings (SSSR count). The first-order valence-corrected chi connectivity index (χ1v) is 6.32. The van der Waals surface area contributed by atoms with Gasteiger partial charge in [0, 0.05) is 24.6 Å².